The van der Waals surface area contributed by atoms with Crippen LogP contribution in [0.2, 0.25) is 0 Å². The maximum absolute atomic E-state index is 15.4. The van der Waals surface area contributed by atoms with E-state index in [2.05, 4.69) is 0 Å². The van der Waals surface area contributed by atoms with Gasteiger partial charge in [-0.3, -0.25) is 9.59 Å². The quantitative estimate of drug-likeness (QED) is 0.794. The van der Waals surface area contributed by atoms with E-state index in [1.165, 1.54) is 9.47 Å². The van der Waals surface area contributed by atoms with Gasteiger partial charge in [-0.05, 0) is 12.8 Å². The van der Waals surface area contributed by atoms with E-state index in [-0.39, 0.29) is 49.0 Å². The van der Waals surface area contributed by atoms with E-state index in [9.17, 15) is 23.9 Å². The number of rotatable bonds is 3. The molecule has 0 unspecified atom stereocenters. The summed E-state index contributed by atoms with van der Waals surface area (Å²) in [4.78, 5) is 36.8. The van der Waals surface area contributed by atoms with Gasteiger partial charge in [-0.2, -0.15) is 0 Å². The molecule has 4 rings (SSSR count). The van der Waals surface area contributed by atoms with Gasteiger partial charge >= 0.3 is 5.97 Å². The average Bonchev–Trinajstić information content (AvgIpc) is 3.46. The Labute approximate surface area is 152 Å². The van der Waals surface area contributed by atoms with Crippen LogP contribution >= 0.6 is 0 Å². The van der Waals surface area contributed by atoms with Crippen molar-refractivity contribution in [3.8, 4) is 0 Å². The molecule has 1 aliphatic heterocycles. The molecule has 0 spiro atoms. The van der Waals surface area contributed by atoms with Gasteiger partial charge in [0.25, 0.3) is 0 Å². The molecule has 9 heteroatoms. The number of nitrogen functional groups attached to an aromatic ring is 1. The third-order valence-electron chi connectivity index (χ3n) is 5.17. The molecule has 142 valence electrons. The molecule has 1 saturated heterocycles. The van der Waals surface area contributed by atoms with Gasteiger partial charge in [0.15, 0.2) is 11.6 Å². The molecule has 7 nitrogen and oxygen atoms in total. The maximum atomic E-state index is 15.4. The highest BCUT2D eigenvalue weighted by atomic mass is 19.1. The first-order valence-electron chi connectivity index (χ1n) is 8.66. The molecule has 3 N–H and O–H groups in total. The number of anilines is 2. The summed E-state index contributed by atoms with van der Waals surface area (Å²) in [6, 6.07) is -0.165. The predicted octanol–water partition coefficient (Wildman–Crippen LogP) is 2.06. The number of carboxylic acid groups (broad SMARTS) is 1. The zero-order valence-corrected chi connectivity index (χ0v) is 14.3. The summed E-state index contributed by atoms with van der Waals surface area (Å²) in [6.07, 6.45) is 2.84. The normalized spacial score (nSPS) is 17.6. The van der Waals surface area contributed by atoms with Crippen LogP contribution in [0.5, 0.6) is 0 Å². The summed E-state index contributed by atoms with van der Waals surface area (Å²) in [7, 11) is 0. The van der Waals surface area contributed by atoms with Crippen LogP contribution in [0.15, 0.2) is 11.0 Å². The van der Waals surface area contributed by atoms with Crippen molar-refractivity contribution >= 4 is 34.0 Å². The molecule has 0 radical (unpaired) electrons. The molecule has 0 atom stereocenters. The van der Waals surface area contributed by atoms with Crippen molar-refractivity contribution < 1.29 is 23.5 Å². The van der Waals surface area contributed by atoms with E-state index in [0.29, 0.717) is 12.8 Å². The Morgan fingerprint density at radius 3 is 2.33 bits per heavy atom. The van der Waals surface area contributed by atoms with Crippen molar-refractivity contribution in [2.45, 2.75) is 31.7 Å². The molecule has 0 amide bonds. The first-order chi connectivity index (χ1) is 12.8. The second-order valence-electron chi connectivity index (χ2n) is 6.96. The number of carbonyl (C=O) groups excluding carboxylic acids is 1. The molecule has 27 heavy (non-hydrogen) atoms. The molecule has 1 aromatic heterocycles. The highest BCUT2D eigenvalue weighted by molar-refractivity contribution is 6.00. The summed E-state index contributed by atoms with van der Waals surface area (Å²) in [5.41, 5.74) is 3.14. The van der Waals surface area contributed by atoms with Gasteiger partial charge < -0.3 is 20.3 Å². The van der Waals surface area contributed by atoms with Gasteiger partial charge in [0.05, 0.1) is 16.6 Å². The second kappa shape index (κ2) is 6.04. The summed E-state index contributed by atoms with van der Waals surface area (Å²) in [5.74, 6) is -3.51. The standard InChI is InChI=1S/C18H17F2N3O4/c19-12-14(21)11-15(13(20)16(12)22-5-3-9(24)4-6-22)23(8-1-2-8)7-10(17(11)25)18(26)27/h7-8H,1-6,21H2,(H,26,27). The van der Waals surface area contributed by atoms with Crippen molar-refractivity contribution in [1.29, 1.82) is 0 Å². The van der Waals surface area contributed by atoms with Crippen molar-refractivity contribution in [2.75, 3.05) is 23.7 Å². The molecule has 2 aromatic rings. The van der Waals surface area contributed by atoms with Crippen LogP contribution in [0.4, 0.5) is 20.2 Å². The third kappa shape index (κ3) is 2.65. The van der Waals surface area contributed by atoms with Crippen LogP contribution in [0.25, 0.3) is 10.9 Å². The van der Waals surface area contributed by atoms with Crippen LogP contribution < -0.4 is 16.1 Å². The van der Waals surface area contributed by atoms with Gasteiger partial charge in [0.2, 0.25) is 5.43 Å². The summed E-state index contributed by atoms with van der Waals surface area (Å²) in [5, 5.41) is 8.83. The van der Waals surface area contributed by atoms with Crippen molar-refractivity contribution in [3.63, 3.8) is 0 Å². The lowest BCUT2D eigenvalue weighted by Gasteiger charge is -2.30. The number of halogens is 2. The molecule has 1 aliphatic carbocycles. The summed E-state index contributed by atoms with van der Waals surface area (Å²) in [6.45, 7) is 0.303. The Kier molecular flexibility index (Phi) is 3.90. The van der Waals surface area contributed by atoms with E-state index in [1.807, 2.05) is 0 Å². The van der Waals surface area contributed by atoms with Crippen molar-refractivity contribution in [2.24, 2.45) is 0 Å². The number of hydrogen-bond donors (Lipinski definition) is 2. The summed E-state index contributed by atoms with van der Waals surface area (Å²) < 4.78 is 31.8. The number of nitrogens with zero attached hydrogens (tertiary/aromatic N) is 2. The molecule has 1 saturated carbocycles. The largest absolute Gasteiger partial charge is 0.477 e. The Balaban J connectivity index is 2.05. The lowest BCUT2D eigenvalue weighted by atomic mass is 10.0. The van der Waals surface area contributed by atoms with Gasteiger partial charge in [0, 0.05) is 38.2 Å². The number of carboxylic acids is 1. The lowest BCUT2D eigenvalue weighted by Crippen LogP contribution is -2.35. The minimum absolute atomic E-state index is 0.0156. The highest BCUT2D eigenvalue weighted by Gasteiger charge is 2.33. The molecule has 1 aromatic carbocycles. The van der Waals surface area contributed by atoms with Gasteiger partial charge in [-0.25, -0.2) is 13.6 Å². The van der Waals surface area contributed by atoms with Crippen molar-refractivity contribution in [3.05, 3.63) is 33.6 Å². The zero-order valence-electron chi connectivity index (χ0n) is 14.3. The van der Waals surface area contributed by atoms with E-state index in [4.69, 9.17) is 5.73 Å². The van der Waals surface area contributed by atoms with Crippen LogP contribution in [0.1, 0.15) is 42.1 Å². The monoisotopic (exact) mass is 377 g/mol. The Bertz CT molecular complexity index is 1050. The van der Waals surface area contributed by atoms with Gasteiger partial charge in [-0.1, -0.05) is 0 Å². The molecule has 2 aliphatic rings. The van der Waals surface area contributed by atoms with Crippen LogP contribution in [0, 0.1) is 11.6 Å². The zero-order chi connectivity index (χ0) is 19.5. The Morgan fingerprint density at radius 2 is 1.78 bits per heavy atom. The highest BCUT2D eigenvalue weighted by Crippen LogP contribution is 2.41. The van der Waals surface area contributed by atoms with Gasteiger partial charge in [0.1, 0.15) is 17.0 Å². The molecule has 2 fully saturated rings. The summed E-state index contributed by atoms with van der Waals surface area (Å²) >= 11 is 0. The lowest BCUT2D eigenvalue weighted by molar-refractivity contribution is -0.119. The maximum Gasteiger partial charge on any atom is 0.341 e. The number of aromatic nitrogens is 1. The van der Waals surface area contributed by atoms with Crippen LogP contribution in [0.3, 0.4) is 0 Å². The van der Waals surface area contributed by atoms with Crippen molar-refractivity contribution in [1.82, 2.24) is 4.57 Å². The third-order valence-corrected chi connectivity index (χ3v) is 5.17. The molecular weight excluding hydrogens is 360 g/mol. The first kappa shape index (κ1) is 17.4. The minimum Gasteiger partial charge on any atom is -0.477 e. The number of carbonyl (C=O) groups is 2. The van der Waals surface area contributed by atoms with E-state index < -0.39 is 39.7 Å². The fraction of sp³-hybridized carbons (Fsp3) is 0.389. The number of nitrogens with two attached hydrogens (primary N) is 1. The molecule has 2 heterocycles. The number of ketones is 1. The van der Waals surface area contributed by atoms with E-state index >= 15 is 4.39 Å². The van der Waals surface area contributed by atoms with E-state index in [1.54, 1.807) is 0 Å². The van der Waals surface area contributed by atoms with Gasteiger partial charge in [-0.15, -0.1) is 0 Å². The number of fused-ring (bicyclic) bond motifs is 1. The number of benzene rings is 1. The minimum atomic E-state index is -1.48. The number of piperidine rings is 1. The second-order valence-corrected chi connectivity index (χ2v) is 6.96. The number of pyridine rings is 1. The Morgan fingerprint density at radius 1 is 1.15 bits per heavy atom. The molecular formula is C18H17F2N3O4. The van der Waals surface area contributed by atoms with Crippen LogP contribution in [-0.4, -0.2) is 34.5 Å². The Hall–Kier alpha value is -2.97. The predicted molar refractivity (Wildman–Crippen MR) is 94.2 cm³/mol. The fourth-order valence-corrected chi connectivity index (χ4v) is 3.60. The smallest absolute Gasteiger partial charge is 0.341 e. The number of hydrogen-bond acceptors (Lipinski definition) is 5. The fourth-order valence-electron chi connectivity index (χ4n) is 3.60. The van der Waals surface area contributed by atoms with E-state index in [0.717, 1.165) is 6.20 Å². The number of Topliss-reactive ketones (excluding diaryl/α,β-unsaturated/α-hetero) is 1. The number of aromatic carboxylic acids is 1. The SMILES string of the molecule is Nc1c(F)c(N2CCC(=O)CC2)c(F)c2c1c(=O)c(C(=O)O)cn2C1CC1. The van der Waals surface area contributed by atoms with Crippen LogP contribution in [-0.2, 0) is 4.79 Å². The topological polar surface area (TPSA) is 106 Å². The first-order valence-corrected chi connectivity index (χ1v) is 8.66. The molecule has 0 bridgehead atoms. The average molecular weight is 377 g/mol.